The number of hydrogen-bond acceptors (Lipinski definition) is 5. The Kier molecular flexibility index (Phi) is 4.73. The van der Waals surface area contributed by atoms with Gasteiger partial charge in [-0.15, -0.1) is 0 Å². The van der Waals surface area contributed by atoms with E-state index in [1.165, 1.54) is 6.07 Å². The summed E-state index contributed by atoms with van der Waals surface area (Å²) in [6, 6.07) is 15.0. The second-order valence-electron chi connectivity index (χ2n) is 7.16. The van der Waals surface area contributed by atoms with Gasteiger partial charge in [0.15, 0.2) is 0 Å². The van der Waals surface area contributed by atoms with Crippen LogP contribution < -0.4 is 10.2 Å². The van der Waals surface area contributed by atoms with Crippen LogP contribution in [0.5, 0.6) is 0 Å². The third kappa shape index (κ3) is 3.19. The van der Waals surface area contributed by atoms with Crippen LogP contribution in [-0.4, -0.2) is 35.3 Å². The molecule has 2 heterocycles. The first-order valence-corrected chi connectivity index (χ1v) is 9.43. The van der Waals surface area contributed by atoms with Crippen molar-refractivity contribution < 1.29 is 4.92 Å². The normalized spacial score (nSPS) is 13.4. The summed E-state index contributed by atoms with van der Waals surface area (Å²) in [5, 5.41) is 19.9. The van der Waals surface area contributed by atoms with Gasteiger partial charge in [-0.2, -0.15) is 5.10 Å². The summed E-state index contributed by atoms with van der Waals surface area (Å²) in [6.07, 6.45) is 3.01. The number of para-hydroxylation sites is 2. The molecule has 1 aliphatic rings. The first-order chi connectivity index (χ1) is 13.6. The maximum absolute atomic E-state index is 11.6. The summed E-state index contributed by atoms with van der Waals surface area (Å²) in [5.41, 5.74) is 4.63. The lowest BCUT2D eigenvalue weighted by molar-refractivity contribution is -0.384. The van der Waals surface area contributed by atoms with E-state index in [4.69, 9.17) is 5.10 Å². The Balaban J connectivity index is 1.93. The van der Waals surface area contributed by atoms with E-state index in [0.717, 1.165) is 54.1 Å². The fourth-order valence-corrected chi connectivity index (χ4v) is 3.64. The number of nitrogens with one attached hydrogen (secondary N) is 1. The van der Waals surface area contributed by atoms with Gasteiger partial charge in [-0.25, -0.2) is 4.68 Å². The number of nitrogens with zero attached hydrogens (tertiary/aromatic N) is 4. The molecule has 1 aliphatic heterocycles. The number of nitro benzene ring substituents is 1. The molecule has 0 unspecified atom stereocenters. The van der Waals surface area contributed by atoms with E-state index in [-0.39, 0.29) is 10.6 Å². The molecular formula is C21H23N5O2. The Morgan fingerprint density at radius 3 is 2.75 bits per heavy atom. The van der Waals surface area contributed by atoms with Gasteiger partial charge in [-0.05, 0) is 37.5 Å². The molecule has 0 aliphatic carbocycles. The Labute approximate surface area is 163 Å². The molecule has 28 heavy (non-hydrogen) atoms. The standard InChI is InChI=1S/C21H23N5O2/c1-24(2)16-9-7-8-15(14-16)20-17-10-5-6-13-22-21(17)25(23-20)18-11-3-4-12-19(18)26(27)28/h3-4,7-9,11-12,14,22H,5-6,10,13H2,1-2H3. The topological polar surface area (TPSA) is 76.2 Å². The van der Waals surface area contributed by atoms with Gasteiger partial charge in [0.1, 0.15) is 11.5 Å². The second kappa shape index (κ2) is 7.34. The highest BCUT2D eigenvalue weighted by molar-refractivity contribution is 5.74. The molecular weight excluding hydrogens is 354 g/mol. The first-order valence-electron chi connectivity index (χ1n) is 9.43. The predicted molar refractivity (Wildman–Crippen MR) is 111 cm³/mol. The minimum Gasteiger partial charge on any atom is -0.378 e. The summed E-state index contributed by atoms with van der Waals surface area (Å²) in [7, 11) is 4.01. The van der Waals surface area contributed by atoms with Gasteiger partial charge in [-0.1, -0.05) is 24.3 Å². The van der Waals surface area contributed by atoms with Crippen LogP contribution in [0.25, 0.3) is 16.9 Å². The molecule has 0 saturated carbocycles. The van der Waals surface area contributed by atoms with Crippen LogP contribution in [0, 0.1) is 10.1 Å². The van der Waals surface area contributed by atoms with E-state index in [1.807, 2.05) is 26.2 Å². The summed E-state index contributed by atoms with van der Waals surface area (Å²) < 4.78 is 1.70. The quantitative estimate of drug-likeness (QED) is 0.543. The van der Waals surface area contributed by atoms with Gasteiger partial charge in [-0.3, -0.25) is 10.1 Å². The molecule has 0 spiro atoms. The third-order valence-electron chi connectivity index (χ3n) is 5.07. The molecule has 0 amide bonds. The molecule has 7 heteroatoms. The van der Waals surface area contributed by atoms with Gasteiger partial charge in [0.25, 0.3) is 5.69 Å². The van der Waals surface area contributed by atoms with E-state index in [0.29, 0.717) is 5.69 Å². The van der Waals surface area contributed by atoms with E-state index in [2.05, 4.69) is 22.3 Å². The van der Waals surface area contributed by atoms with Crippen LogP contribution in [0.1, 0.15) is 18.4 Å². The van der Waals surface area contributed by atoms with Crippen molar-refractivity contribution >= 4 is 17.2 Å². The Bertz CT molecular complexity index is 1030. The number of rotatable bonds is 4. The minimum absolute atomic E-state index is 0.0486. The number of benzene rings is 2. The van der Waals surface area contributed by atoms with Gasteiger partial charge < -0.3 is 10.2 Å². The van der Waals surface area contributed by atoms with Crippen molar-refractivity contribution in [2.45, 2.75) is 19.3 Å². The fourth-order valence-electron chi connectivity index (χ4n) is 3.64. The molecule has 2 aromatic carbocycles. The van der Waals surface area contributed by atoms with Gasteiger partial charge in [0.2, 0.25) is 0 Å². The molecule has 7 nitrogen and oxygen atoms in total. The molecule has 0 bridgehead atoms. The average molecular weight is 377 g/mol. The maximum Gasteiger partial charge on any atom is 0.294 e. The molecule has 0 saturated heterocycles. The Hall–Kier alpha value is -3.35. The smallest absolute Gasteiger partial charge is 0.294 e. The third-order valence-corrected chi connectivity index (χ3v) is 5.07. The zero-order valence-electron chi connectivity index (χ0n) is 16.1. The van der Waals surface area contributed by atoms with E-state index >= 15 is 0 Å². The molecule has 0 radical (unpaired) electrons. The summed E-state index contributed by atoms with van der Waals surface area (Å²) in [6.45, 7) is 0.830. The SMILES string of the molecule is CN(C)c1cccc(-c2nn(-c3ccccc3[N+](=O)[O-])c3c2CCCCN3)c1. The van der Waals surface area contributed by atoms with Gasteiger partial charge >= 0.3 is 0 Å². The van der Waals surface area contributed by atoms with Gasteiger partial charge in [0.05, 0.1) is 10.6 Å². The van der Waals surface area contributed by atoms with Crippen molar-refractivity contribution in [1.82, 2.24) is 9.78 Å². The summed E-state index contributed by atoms with van der Waals surface area (Å²) in [5.74, 6) is 0.858. The van der Waals surface area contributed by atoms with Crippen LogP contribution in [-0.2, 0) is 6.42 Å². The lowest BCUT2D eigenvalue weighted by Gasteiger charge is -2.13. The van der Waals surface area contributed by atoms with Gasteiger partial charge in [0, 0.05) is 43.5 Å². The Morgan fingerprint density at radius 1 is 1.14 bits per heavy atom. The number of anilines is 2. The largest absolute Gasteiger partial charge is 0.378 e. The van der Waals surface area contributed by atoms with Crippen molar-refractivity contribution in [2.24, 2.45) is 0 Å². The molecule has 1 aromatic heterocycles. The van der Waals surface area contributed by atoms with E-state index in [9.17, 15) is 10.1 Å². The highest BCUT2D eigenvalue weighted by atomic mass is 16.6. The number of nitro groups is 1. The monoisotopic (exact) mass is 377 g/mol. The van der Waals surface area contributed by atoms with Crippen molar-refractivity contribution in [2.75, 3.05) is 30.9 Å². The minimum atomic E-state index is -0.355. The molecule has 4 rings (SSSR count). The van der Waals surface area contributed by atoms with Crippen LogP contribution in [0.3, 0.4) is 0 Å². The molecule has 0 fully saturated rings. The van der Waals surface area contributed by atoms with Crippen LogP contribution >= 0.6 is 0 Å². The first kappa shape index (κ1) is 18.0. The Morgan fingerprint density at radius 2 is 1.96 bits per heavy atom. The lowest BCUT2D eigenvalue weighted by Crippen LogP contribution is -2.09. The van der Waals surface area contributed by atoms with E-state index < -0.39 is 0 Å². The highest BCUT2D eigenvalue weighted by Crippen LogP contribution is 2.36. The number of aromatic nitrogens is 2. The molecule has 0 atom stereocenters. The molecule has 3 aromatic rings. The van der Waals surface area contributed by atoms with Crippen LogP contribution in [0.15, 0.2) is 48.5 Å². The molecule has 1 N–H and O–H groups in total. The fraction of sp³-hybridized carbons (Fsp3) is 0.286. The van der Waals surface area contributed by atoms with Crippen molar-refractivity contribution in [3.8, 4) is 16.9 Å². The predicted octanol–water partition coefficient (Wildman–Crippen LogP) is 4.26. The zero-order valence-corrected chi connectivity index (χ0v) is 16.1. The van der Waals surface area contributed by atoms with Crippen molar-refractivity contribution in [3.05, 3.63) is 64.2 Å². The van der Waals surface area contributed by atoms with E-state index in [1.54, 1.807) is 22.9 Å². The van der Waals surface area contributed by atoms with Crippen LogP contribution in [0.4, 0.5) is 17.2 Å². The van der Waals surface area contributed by atoms with Crippen molar-refractivity contribution in [3.63, 3.8) is 0 Å². The summed E-state index contributed by atoms with van der Waals surface area (Å²) >= 11 is 0. The number of hydrogen-bond donors (Lipinski definition) is 1. The number of fused-ring (bicyclic) bond motifs is 1. The van der Waals surface area contributed by atoms with Crippen molar-refractivity contribution in [1.29, 1.82) is 0 Å². The summed E-state index contributed by atoms with van der Waals surface area (Å²) in [4.78, 5) is 13.3. The zero-order chi connectivity index (χ0) is 19.7. The van der Waals surface area contributed by atoms with Crippen LogP contribution in [0.2, 0.25) is 0 Å². The lowest BCUT2D eigenvalue weighted by atomic mass is 10.0. The molecule has 144 valence electrons. The highest BCUT2D eigenvalue weighted by Gasteiger charge is 2.25. The average Bonchev–Trinajstić information content (AvgIpc) is 2.88. The second-order valence-corrected chi connectivity index (χ2v) is 7.16. The maximum atomic E-state index is 11.6.